The highest BCUT2D eigenvalue weighted by Crippen LogP contribution is 2.48. The van der Waals surface area contributed by atoms with Gasteiger partial charge in [0.05, 0.1) is 0 Å². The van der Waals surface area contributed by atoms with Gasteiger partial charge in [-0.2, -0.15) is 0 Å². The summed E-state index contributed by atoms with van der Waals surface area (Å²) in [5.41, 5.74) is 4.64. The van der Waals surface area contributed by atoms with E-state index in [0.29, 0.717) is 13.1 Å². The standard InChI is InChI=1S/C9H15N5O2/c10-4-3-9(1-2-9)5-11-6-7(15)12-8(16)14-13-6/h1-5,10H2,(H,11,13)(H2,12,14,15,16). The Labute approximate surface area is 91.5 Å². The monoisotopic (exact) mass is 225 g/mol. The minimum atomic E-state index is -0.598. The molecule has 7 nitrogen and oxygen atoms in total. The van der Waals surface area contributed by atoms with E-state index in [9.17, 15) is 9.59 Å². The fraction of sp³-hybridized carbons (Fsp3) is 0.667. The molecular weight excluding hydrogens is 210 g/mol. The third-order valence-electron chi connectivity index (χ3n) is 2.97. The molecule has 1 aromatic rings. The van der Waals surface area contributed by atoms with E-state index in [0.717, 1.165) is 19.3 Å². The van der Waals surface area contributed by atoms with Crippen LogP contribution in [-0.4, -0.2) is 28.3 Å². The van der Waals surface area contributed by atoms with Gasteiger partial charge >= 0.3 is 5.69 Å². The van der Waals surface area contributed by atoms with Crippen LogP contribution in [0, 0.1) is 5.41 Å². The molecular formula is C9H15N5O2. The second-order valence-electron chi connectivity index (χ2n) is 4.25. The zero-order chi connectivity index (χ0) is 11.6. The van der Waals surface area contributed by atoms with Gasteiger partial charge in [0, 0.05) is 6.54 Å². The number of hydrogen-bond acceptors (Lipinski definition) is 5. The Hall–Kier alpha value is -1.63. The first-order valence-corrected chi connectivity index (χ1v) is 5.28. The van der Waals surface area contributed by atoms with Crippen LogP contribution in [0.15, 0.2) is 9.59 Å². The van der Waals surface area contributed by atoms with Gasteiger partial charge in [-0.25, -0.2) is 9.89 Å². The first kappa shape index (κ1) is 10.9. The topological polar surface area (TPSA) is 117 Å². The second kappa shape index (κ2) is 4.09. The molecule has 0 unspecified atom stereocenters. The molecule has 0 spiro atoms. The van der Waals surface area contributed by atoms with Crippen molar-refractivity contribution >= 4 is 5.82 Å². The van der Waals surface area contributed by atoms with Gasteiger partial charge in [0.1, 0.15) is 0 Å². The lowest BCUT2D eigenvalue weighted by Gasteiger charge is -2.14. The number of nitrogens with zero attached hydrogens (tertiary/aromatic N) is 1. The van der Waals surface area contributed by atoms with Crippen LogP contribution in [0.4, 0.5) is 5.82 Å². The van der Waals surface area contributed by atoms with E-state index in [1.807, 2.05) is 0 Å². The average Bonchev–Trinajstić information content (AvgIpc) is 2.98. The molecule has 0 radical (unpaired) electrons. The number of anilines is 1. The minimum absolute atomic E-state index is 0.155. The van der Waals surface area contributed by atoms with Crippen molar-refractivity contribution in [1.29, 1.82) is 0 Å². The third kappa shape index (κ3) is 2.30. The Balaban J connectivity index is 2.00. The predicted molar refractivity (Wildman–Crippen MR) is 59.3 cm³/mol. The van der Waals surface area contributed by atoms with Crippen molar-refractivity contribution in [2.24, 2.45) is 11.1 Å². The van der Waals surface area contributed by atoms with Crippen molar-refractivity contribution in [3.63, 3.8) is 0 Å². The molecule has 1 aromatic heterocycles. The van der Waals surface area contributed by atoms with Gasteiger partial charge in [-0.15, -0.1) is 5.10 Å². The van der Waals surface area contributed by atoms with Crippen molar-refractivity contribution in [3.8, 4) is 0 Å². The average molecular weight is 225 g/mol. The molecule has 7 heteroatoms. The lowest BCUT2D eigenvalue weighted by Crippen LogP contribution is -2.29. The van der Waals surface area contributed by atoms with Gasteiger partial charge in [-0.3, -0.25) is 9.78 Å². The molecule has 16 heavy (non-hydrogen) atoms. The Morgan fingerprint density at radius 2 is 2.19 bits per heavy atom. The summed E-state index contributed by atoms with van der Waals surface area (Å²) in [5.74, 6) is 0.155. The van der Waals surface area contributed by atoms with Gasteiger partial charge in [0.25, 0.3) is 5.56 Å². The number of rotatable bonds is 5. The smallest absolute Gasteiger partial charge is 0.342 e. The Morgan fingerprint density at radius 3 is 2.75 bits per heavy atom. The Kier molecular flexibility index (Phi) is 2.78. The number of aromatic nitrogens is 3. The van der Waals surface area contributed by atoms with Crippen LogP contribution in [0.3, 0.4) is 0 Å². The van der Waals surface area contributed by atoms with Crippen molar-refractivity contribution in [1.82, 2.24) is 15.2 Å². The van der Waals surface area contributed by atoms with Gasteiger partial charge < -0.3 is 11.1 Å². The summed E-state index contributed by atoms with van der Waals surface area (Å²) < 4.78 is 0. The lowest BCUT2D eigenvalue weighted by atomic mass is 10.0. The van der Waals surface area contributed by atoms with Crippen LogP contribution in [0.25, 0.3) is 0 Å². The SMILES string of the molecule is NCCC1(CNc2n[nH]c(=O)[nH]c2=O)CC1. The highest BCUT2D eigenvalue weighted by Gasteiger charge is 2.41. The molecule has 1 fully saturated rings. The molecule has 1 aliphatic rings. The van der Waals surface area contributed by atoms with Crippen molar-refractivity contribution in [2.75, 3.05) is 18.4 Å². The van der Waals surface area contributed by atoms with E-state index in [-0.39, 0.29) is 11.2 Å². The van der Waals surface area contributed by atoms with E-state index in [4.69, 9.17) is 5.73 Å². The maximum Gasteiger partial charge on any atom is 0.342 e. The van der Waals surface area contributed by atoms with Crippen molar-refractivity contribution < 1.29 is 0 Å². The predicted octanol–water partition coefficient (Wildman–Crippen LogP) is -1.00. The molecule has 1 heterocycles. The fourth-order valence-electron chi connectivity index (χ4n) is 1.74. The van der Waals surface area contributed by atoms with Crippen LogP contribution >= 0.6 is 0 Å². The van der Waals surface area contributed by atoms with E-state index in [1.165, 1.54) is 0 Å². The number of nitrogens with two attached hydrogens (primary N) is 1. The summed E-state index contributed by atoms with van der Waals surface area (Å²) in [7, 11) is 0. The van der Waals surface area contributed by atoms with Crippen molar-refractivity contribution in [3.05, 3.63) is 20.8 Å². The fourth-order valence-corrected chi connectivity index (χ4v) is 1.74. The van der Waals surface area contributed by atoms with Gasteiger partial charge in [-0.1, -0.05) is 0 Å². The maximum atomic E-state index is 11.3. The number of H-pyrrole nitrogens is 2. The molecule has 0 bridgehead atoms. The molecule has 0 aliphatic heterocycles. The van der Waals surface area contributed by atoms with E-state index in [2.05, 4.69) is 20.5 Å². The first-order valence-electron chi connectivity index (χ1n) is 5.28. The third-order valence-corrected chi connectivity index (χ3v) is 2.97. The maximum absolute atomic E-state index is 11.3. The normalized spacial score (nSPS) is 17.1. The van der Waals surface area contributed by atoms with E-state index in [1.54, 1.807) is 0 Å². The minimum Gasteiger partial charge on any atom is -0.363 e. The molecule has 1 aliphatic carbocycles. The van der Waals surface area contributed by atoms with Crippen LogP contribution in [0.2, 0.25) is 0 Å². The molecule has 2 rings (SSSR count). The molecule has 0 saturated heterocycles. The quantitative estimate of drug-likeness (QED) is 0.512. The Bertz CT molecular complexity index is 473. The zero-order valence-corrected chi connectivity index (χ0v) is 8.88. The summed E-state index contributed by atoms with van der Waals surface area (Å²) in [6.45, 7) is 1.32. The van der Waals surface area contributed by atoms with Crippen LogP contribution < -0.4 is 22.3 Å². The molecule has 0 amide bonds. The summed E-state index contributed by atoms with van der Waals surface area (Å²) in [5, 5.41) is 8.77. The van der Waals surface area contributed by atoms with E-state index < -0.39 is 11.2 Å². The van der Waals surface area contributed by atoms with Crippen molar-refractivity contribution in [2.45, 2.75) is 19.3 Å². The highest BCUT2D eigenvalue weighted by molar-refractivity contribution is 5.29. The van der Waals surface area contributed by atoms with Crippen LogP contribution in [0.5, 0.6) is 0 Å². The van der Waals surface area contributed by atoms with Crippen LogP contribution in [-0.2, 0) is 0 Å². The summed E-state index contributed by atoms with van der Waals surface area (Å²) in [4.78, 5) is 24.2. The Morgan fingerprint density at radius 1 is 1.44 bits per heavy atom. The number of aromatic amines is 2. The largest absolute Gasteiger partial charge is 0.363 e. The van der Waals surface area contributed by atoms with Gasteiger partial charge in [0.15, 0.2) is 0 Å². The molecule has 1 saturated carbocycles. The highest BCUT2D eigenvalue weighted by atomic mass is 16.2. The first-order chi connectivity index (χ1) is 7.65. The number of nitrogens with one attached hydrogen (secondary N) is 3. The van der Waals surface area contributed by atoms with Gasteiger partial charge in [0.2, 0.25) is 5.82 Å². The molecule has 0 atom stereocenters. The number of hydrogen-bond donors (Lipinski definition) is 4. The molecule has 88 valence electrons. The lowest BCUT2D eigenvalue weighted by molar-refractivity contribution is 0.500. The molecule has 0 aromatic carbocycles. The summed E-state index contributed by atoms with van der Waals surface area (Å²) >= 11 is 0. The van der Waals surface area contributed by atoms with Crippen LogP contribution in [0.1, 0.15) is 19.3 Å². The zero-order valence-electron chi connectivity index (χ0n) is 8.88. The summed E-state index contributed by atoms with van der Waals surface area (Å²) in [6.07, 6.45) is 3.19. The molecule has 5 N–H and O–H groups in total. The van der Waals surface area contributed by atoms with Gasteiger partial charge in [-0.05, 0) is 31.2 Å². The van der Waals surface area contributed by atoms with E-state index >= 15 is 0 Å². The summed E-state index contributed by atoms with van der Waals surface area (Å²) in [6, 6.07) is 0. The second-order valence-corrected chi connectivity index (χ2v) is 4.25.